The van der Waals surface area contributed by atoms with E-state index in [9.17, 15) is 0 Å². The van der Waals surface area contributed by atoms with Crippen molar-refractivity contribution >= 4 is 11.8 Å². The van der Waals surface area contributed by atoms with Gasteiger partial charge in [-0.15, -0.1) is 10.2 Å². The second kappa shape index (κ2) is 7.29. The maximum absolute atomic E-state index is 4.30. The van der Waals surface area contributed by atoms with Gasteiger partial charge in [0.05, 0.1) is 0 Å². The average molecular weight is 282 g/mol. The van der Waals surface area contributed by atoms with Gasteiger partial charge < -0.3 is 9.47 Å². The van der Waals surface area contributed by atoms with Crippen molar-refractivity contribution in [2.24, 2.45) is 0 Å². The van der Waals surface area contributed by atoms with Crippen LogP contribution in [0.25, 0.3) is 0 Å². The van der Waals surface area contributed by atoms with Crippen LogP contribution in [0.5, 0.6) is 0 Å². The average Bonchev–Trinajstić information content (AvgIpc) is 2.74. The van der Waals surface area contributed by atoms with E-state index in [-0.39, 0.29) is 0 Å². The van der Waals surface area contributed by atoms with E-state index in [1.807, 2.05) is 18.7 Å². The molecule has 0 bridgehead atoms. The van der Waals surface area contributed by atoms with E-state index in [1.54, 1.807) is 0 Å². The summed E-state index contributed by atoms with van der Waals surface area (Å²) >= 11 is 1.87. The number of nitrogens with zero attached hydrogens (tertiary/aromatic N) is 4. The van der Waals surface area contributed by atoms with Gasteiger partial charge in [0.25, 0.3) is 0 Å². The van der Waals surface area contributed by atoms with Gasteiger partial charge in [-0.3, -0.25) is 0 Å². The summed E-state index contributed by atoms with van der Waals surface area (Å²) in [7, 11) is 2.26. The molecule has 0 spiro atoms. The molecule has 2 heterocycles. The molecule has 1 unspecified atom stereocenters. The van der Waals surface area contributed by atoms with Gasteiger partial charge in [0.2, 0.25) is 0 Å². The van der Waals surface area contributed by atoms with Crippen LogP contribution < -0.4 is 0 Å². The van der Waals surface area contributed by atoms with Crippen molar-refractivity contribution in [1.29, 1.82) is 0 Å². The van der Waals surface area contributed by atoms with Crippen molar-refractivity contribution in [1.82, 2.24) is 19.7 Å². The van der Waals surface area contributed by atoms with Gasteiger partial charge in [-0.2, -0.15) is 0 Å². The zero-order valence-electron chi connectivity index (χ0n) is 12.4. The van der Waals surface area contributed by atoms with Gasteiger partial charge in [-0.1, -0.05) is 25.1 Å². The predicted molar refractivity (Wildman–Crippen MR) is 80.7 cm³/mol. The molecule has 1 aromatic rings. The van der Waals surface area contributed by atoms with E-state index in [1.165, 1.54) is 32.2 Å². The fourth-order valence-electron chi connectivity index (χ4n) is 2.74. The summed E-state index contributed by atoms with van der Waals surface area (Å²) in [6, 6.07) is 0.768. The topological polar surface area (TPSA) is 34.0 Å². The number of piperidine rings is 1. The van der Waals surface area contributed by atoms with E-state index in [0.29, 0.717) is 0 Å². The third-order valence-electron chi connectivity index (χ3n) is 3.95. The first kappa shape index (κ1) is 14.9. The van der Waals surface area contributed by atoms with Gasteiger partial charge in [0.15, 0.2) is 5.16 Å². The van der Waals surface area contributed by atoms with Gasteiger partial charge in [-0.25, -0.2) is 0 Å². The molecule has 0 radical (unpaired) electrons. The van der Waals surface area contributed by atoms with Gasteiger partial charge in [-0.05, 0) is 46.2 Å². The molecule has 1 fully saturated rings. The number of thioether (sulfide) groups is 1. The second-order valence-corrected chi connectivity index (χ2v) is 6.51. The molecule has 0 aliphatic carbocycles. The minimum Gasteiger partial charge on any atom is -0.306 e. The number of likely N-dealkylation sites (tertiary alicyclic amines) is 1. The van der Waals surface area contributed by atoms with Crippen LogP contribution in [0.4, 0.5) is 0 Å². The van der Waals surface area contributed by atoms with Crippen molar-refractivity contribution in [2.45, 2.75) is 63.7 Å². The quantitative estimate of drug-likeness (QED) is 0.751. The molecule has 4 nitrogen and oxygen atoms in total. The highest BCUT2D eigenvalue weighted by atomic mass is 32.2. The van der Waals surface area contributed by atoms with Crippen molar-refractivity contribution < 1.29 is 0 Å². The molecule has 1 atom stereocenters. The van der Waals surface area contributed by atoms with Crippen molar-refractivity contribution in [3.63, 3.8) is 0 Å². The molecular weight excluding hydrogens is 256 g/mol. The van der Waals surface area contributed by atoms with Gasteiger partial charge in [0.1, 0.15) is 5.82 Å². The standard InChI is InChI=1S/C14H26N4S/c1-4-9-18-12(2)15-16-14(18)19-11-8-13-7-5-6-10-17(13)3/h13H,4-11H2,1-3H3. The Morgan fingerprint density at radius 1 is 1.32 bits per heavy atom. The Morgan fingerprint density at radius 2 is 2.16 bits per heavy atom. The summed E-state index contributed by atoms with van der Waals surface area (Å²) in [6.07, 6.45) is 6.52. The molecule has 0 saturated carbocycles. The summed E-state index contributed by atoms with van der Waals surface area (Å²) in [6.45, 7) is 6.54. The minimum absolute atomic E-state index is 0.768. The lowest BCUT2D eigenvalue weighted by Gasteiger charge is -2.32. The van der Waals surface area contributed by atoms with Crippen molar-refractivity contribution in [2.75, 3.05) is 19.3 Å². The fourth-order valence-corrected chi connectivity index (χ4v) is 3.79. The van der Waals surface area contributed by atoms with Crippen LogP contribution in [0.1, 0.15) is 44.9 Å². The summed E-state index contributed by atoms with van der Waals surface area (Å²) in [5, 5.41) is 9.59. The highest BCUT2D eigenvalue weighted by Gasteiger charge is 2.18. The van der Waals surface area contributed by atoms with Crippen LogP contribution >= 0.6 is 11.8 Å². The molecule has 5 heteroatoms. The van der Waals surface area contributed by atoms with E-state index < -0.39 is 0 Å². The number of rotatable bonds is 6. The maximum atomic E-state index is 4.30. The summed E-state index contributed by atoms with van der Waals surface area (Å²) < 4.78 is 2.25. The monoisotopic (exact) mass is 282 g/mol. The van der Waals surface area contributed by atoms with Crippen LogP contribution in [0, 0.1) is 6.92 Å². The van der Waals surface area contributed by atoms with Crippen molar-refractivity contribution in [3.8, 4) is 0 Å². The Labute approximate surface area is 121 Å². The number of aromatic nitrogens is 3. The molecule has 2 rings (SSSR count). The summed E-state index contributed by atoms with van der Waals surface area (Å²) in [5.74, 6) is 2.19. The Hall–Kier alpha value is -0.550. The Kier molecular flexibility index (Phi) is 5.70. The lowest BCUT2D eigenvalue weighted by atomic mass is 10.0. The molecule has 0 N–H and O–H groups in total. The lowest BCUT2D eigenvalue weighted by molar-refractivity contribution is 0.182. The predicted octanol–water partition coefficient (Wildman–Crippen LogP) is 2.96. The van der Waals surface area contributed by atoms with Gasteiger partial charge >= 0.3 is 0 Å². The first-order chi connectivity index (χ1) is 9.22. The highest BCUT2D eigenvalue weighted by Crippen LogP contribution is 2.23. The second-order valence-electron chi connectivity index (χ2n) is 5.45. The van der Waals surface area contributed by atoms with E-state index in [4.69, 9.17) is 0 Å². The third-order valence-corrected chi connectivity index (χ3v) is 4.95. The molecule has 1 aromatic heterocycles. The molecule has 0 amide bonds. The number of hydrogen-bond acceptors (Lipinski definition) is 4. The molecule has 1 saturated heterocycles. The molecule has 1 aliphatic heterocycles. The van der Waals surface area contributed by atoms with E-state index in [0.717, 1.165) is 35.7 Å². The molecule has 108 valence electrons. The first-order valence-electron chi connectivity index (χ1n) is 7.45. The SMILES string of the molecule is CCCn1c(C)nnc1SCCC1CCCCN1C. The van der Waals surface area contributed by atoms with Crippen LogP contribution in [0.2, 0.25) is 0 Å². The van der Waals surface area contributed by atoms with Crippen molar-refractivity contribution in [3.05, 3.63) is 5.82 Å². The molecule has 19 heavy (non-hydrogen) atoms. The molecule has 1 aliphatic rings. The van der Waals surface area contributed by atoms with Crippen LogP contribution in [-0.4, -0.2) is 45.1 Å². The number of hydrogen-bond donors (Lipinski definition) is 0. The first-order valence-corrected chi connectivity index (χ1v) is 8.43. The Balaban J connectivity index is 1.82. The highest BCUT2D eigenvalue weighted by molar-refractivity contribution is 7.99. The minimum atomic E-state index is 0.768. The zero-order chi connectivity index (χ0) is 13.7. The molecular formula is C14H26N4S. The fraction of sp³-hybridized carbons (Fsp3) is 0.857. The Morgan fingerprint density at radius 3 is 2.89 bits per heavy atom. The number of aryl methyl sites for hydroxylation is 1. The van der Waals surface area contributed by atoms with E-state index >= 15 is 0 Å². The third kappa shape index (κ3) is 3.96. The van der Waals surface area contributed by atoms with Gasteiger partial charge in [0, 0.05) is 18.3 Å². The largest absolute Gasteiger partial charge is 0.306 e. The van der Waals surface area contributed by atoms with E-state index in [2.05, 4.69) is 33.6 Å². The molecule has 0 aromatic carbocycles. The van der Waals surface area contributed by atoms with Crippen LogP contribution in [0.3, 0.4) is 0 Å². The lowest BCUT2D eigenvalue weighted by Crippen LogP contribution is -2.36. The Bertz CT molecular complexity index is 391. The summed E-state index contributed by atoms with van der Waals surface area (Å²) in [5.41, 5.74) is 0. The maximum Gasteiger partial charge on any atom is 0.191 e. The van der Waals surface area contributed by atoms with Crippen LogP contribution in [0.15, 0.2) is 5.16 Å². The zero-order valence-corrected chi connectivity index (χ0v) is 13.2. The normalized spacial score (nSPS) is 20.9. The summed E-state index contributed by atoms with van der Waals surface area (Å²) in [4.78, 5) is 2.52. The van der Waals surface area contributed by atoms with Crippen LogP contribution in [-0.2, 0) is 6.54 Å². The smallest absolute Gasteiger partial charge is 0.191 e.